The van der Waals surface area contributed by atoms with Gasteiger partial charge in [-0.15, -0.1) is 0 Å². The summed E-state index contributed by atoms with van der Waals surface area (Å²) in [5.74, 6) is -2.42. The van der Waals surface area contributed by atoms with Crippen LogP contribution in [0.2, 0.25) is 0 Å². The van der Waals surface area contributed by atoms with Gasteiger partial charge in [-0.25, -0.2) is 14.8 Å². The van der Waals surface area contributed by atoms with E-state index in [2.05, 4.69) is 25.6 Å². The Balaban J connectivity index is 1.88. The van der Waals surface area contributed by atoms with Crippen LogP contribution in [0.3, 0.4) is 0 Å². The molecule has 1 unspecified atom stereocenters. The molecule has 2 aromatic heterocycles. The van der Waals surface area contributed by atoms with Crippen LogP contribution in [0.5, 0.6) is 0 Å². The fourth-order valence-electron chi connectivity index (χ4n) is 4.31. The van der Waals surface area contributed by atoms with E-state index in [0.717, 1.165) is 6.26 Å². The first-order chi connectivity index (χ1) is 19.5. The number of hydrogen-bond acceptors (Lipinski definition) is 9. The summed E-state index contributed by atoms with van der Waals surface area (Å²) >= 11 is 0. The molecule has 12 heteroatoms. The molecule has 3 rings (SSSR count). The monoisotopic (exact) mass is 567 g/mol. The van der Waals surface area contributed by atoms with Crippen LogP contribution in [0, 0.1) is 11.8 Å². The van der Waals surface area contributed by atoms with Crippen LogP contribution in [0.1, 0.15) is 56.2 Å². The number of imidazole rings is 1. The van der Waals surface area contributed by atoms with Crippen molar-refractivity contribution in [3.05, 3.63) is 72.0 Å². The van der Waals surface area contributed by atoms with Crippen LogP contribution in [0.25, 0.3) is 0 Å². The summed E-state index contributed by atoms with van der Waals surface area (Å²) in [5, 5.41) is 15.7. The molecular weight excluding hydrogens is 530 g/mol. The van der Waals surface area contributed by atoms with E-state index in [0.29, 0.717) is 11.3 Å². The Morgan fingerprint density at radius 1 is 1.17 bits per heavy atom. The van der Waals surface area contributed by atoms with Gasteiger partial charge in [-0.3, -0.25) is 14.4 Å². The molecule has 2 aromatic rings. The number of aliphatic hydroxyl groups excluding tert-OH is 1. The molecule has 0 radical (unpaired) electrons. The van der Waals surface area contributed by atoms with Gasteiger partial charge in [0, 0.05) is 37.2 Å². The number of ether oxygens (including phenoxy) is 1. The third kappa shape index (κ3) is 9.98. The highest BCUT2D eigenvalue weighted by atomic mass is 16.5. The standard InChI is InChI=1S/C29H37N5O7/c1-17(2)27-19(4)7-8-25(37)31-9-5-6-18(3)10-21(35)12-22(36)13-26-33-24(15-40-26)28(38)34-23(29(39)41-27)11-20-14-30-16-32-20/h5-8,10,14-17,19,21,23,27,35H,9,11-13H2,1-4H3,(H,30,32)(H,31,37)(H,34,38)/b6-5?,8-7+,18-10?/t19-,21-,23?,27-/m1/s1. The SMILES string of the molecule is CC1=C[C@@H](O)CC(=O)Cc2nc(co2)C(=O)NC(Cc2cnc[nH]2)C(=O)O[C@H](C(C)C)[C@H](C)/C=C/C(=O)NCC=C1. The van der Waals surface area contributed by atoms with E-state index in [1.807, 2.05) is 20.8 Å². The molecule has 41 heavy (non-hydrogen) atoms. The van der Waals surface area contributed by atoms with Crippen molar-refractivity contribution < 1.29 is 33.4 Å². The third-order valence-corrected chi connectivity index (χ3v) is 6.35. The van der Waals surface area contributed by atoms with E-state index >= 15 is 0 Å². The number of H-pyrrole nitrogens is 1. The number of esters is 1. The van der Waals surface area contributed by atoms with Crippen molar-refractivity contribution in [2.24, 2.45) is 11.8 Å². The Kier molecular flexibility index (Phi) is 11.3. The fourth-order valence-corrected chi connectivity index (χ4v) is 4.31. The number of nitrogens with zero attached hydrogens (tertiary/aromatic N) is 2. The predicted octanol–water partition coefficient (Wildman–Crippen LogP) is 1.99. The topological polar surface area (TPSA) is 177 Å². The molecule has 0 saturated carbocycles. The molecule has 4 N–H and O–H groups in total. The smallest absolute Gasteiger partial charge is 0.329 e. The van der Waals surface area contributed by atoms with Gasteiger partial charge in [-0.2, -0.15) is 0 Å². The Bertz CT molecular complexity index is 1290. The molecule has 1 aliphatic rings. The largest absolute Gasteiger partial charge is 0.460 e. The Hall–Kier alpha value is -4.32. The highest BCUT2D eigenvalue weighted by Crippen LogP contribution is 2.20. The van der Waals surface area contributed by atoms with Crippen LogP contribution in [-0.2, 0) is 32.0 Å². The van der Waals surface area contributed by atoms with E-state index in [9.17, 15) is 24.3 Å². The number of aliphatic hydroxyl groups is 1. The summed E-state index contributed by atoms with van der Waals surface area (Å²) in [6.07, 6.45) is 10.2. The third-order valence-electron chi connectivity index (χ3n) is 6.35. The first-order valence-electron chi connectivity index (χ1n) is 13.5. The normalized spacial score (nSPS) is 24.8. The lowest BCUT2D eigenvalue weighted by atomic mass is 9.94. The molecular formula is C29H37N5O7. The molecule has 2 bridgehead atoms. The number of Topliss-reactive ketones (excluding diaryl/α,β-unsaturated/α-hetero) is 1. The lowest BCUT2D eigenvalue weighted by Gasteiger charge is -2.28. The van der Waals surface area contributed by atoms with E-state index < -0.39 is 30.1 Å². The number of nitrogens with one attached hydrogen (secondary N) is 3. The number of hydrogen-bond donors (Lipinski definition) is 4. The number of aromatic nitrogens is 3. The van der Waals surface area contributed by atoms with Gasteiger partial charge in [-0.05, 0) is 18.9 Å². The predicted molar refractivity (Wildman–Crippen MR) is 148 cm³/mol. The Morgan fingerprint density at radius 3 is 2.66 bits per heavy atom. The molecule has 0 aliphatic carbocycles. The molecule has 4 atom stereocenters. The number of amides is 2. The highest BCUT2D eigenvalue weighted by molar-refractivity contribution is 5.95. The molecule has 220 valence electrons. The van der Waals surface area contributed by atoms with Crippen LogP contribution in [-0.4, -0.2) is 68.4 Å². The van der Waals surface area contributed by atoms with Crippen molar-refractivity contribution in [1.29, 1.82) is 0 Å². The number of oxazole rings is 1. The molecule has 0 saturated heterocycles. The van der Waals surface area contributed by atoms with Crippen molar-refractivity contribution in [3.63, 3.8) is 0 Å². The number of fused-ring (bicyclic) bond motifs is 2. The number of carbonyl (C=O) groups excluding carboxylic acids is 4. The van der Waals surface area contributed by atoms with Gasteiger partial charge in [0.1, 0.15) is 24.2 Å². The number of carbonyl (C=O) groups is 4. The maximum absolute atomic E-state index is 13.4. The molecule has 1 aliphatic heterocycles. The minimum atomic E-state index is -1.09. The molecule has 0 fully saturated rings. The van der Waals surface area contributed by atoms with Gasteiger partial charge in [-0.1, -0.05) is 50.6 Å². The van der Waals surface area contributed by atoms with Crippen LogP contribution in [0.15, 0.2) is 59.2 Å². The molecule has 0 aromatic carbocycles. The maximum Gasteiger partial charge on any atom is 0.329 e. The first-order valence-corrected chi connectivity index (χ1v) is 13.5. The van der Waals surface area contributed by atoms with E-state index in [-0.39, 0.29) is 60.9 Å². The lowest BCUT2D eigenvalue weighted by Crippen LogP contribution is -2.46. The number of allylic oxidation sites excluding steroid dienone is 2. The summed E-state index contributed by atoms with van der Waals surface area (Å²) in [6.45, 7) is 7.65. The fraction of sp³-hybridized carbons (Fsp3) is 0.448. The summed E-state index contributed by atoms with van der Waals surface area (Å²) in [4.78, 5) is 62.1. The van der Waals surface area contributed by atoms with Crippen LogP contribution < -0.4 is 10.6 Å². The summed E-state index contributed by atoms with van der Waals surface area (Å²) < 4.78 is 11.2. The van der Waals surface area contributed by atoms with Gasteiger partial charge in [0.25, 0.3) is 5.91 Å². The second kappa shape index (κ2) is 14.9. The average molecular weight is 568 g/mol. The van der Waals surface area contributed by atoms with Crippen LogP contribution in [0.4, 0.5) is 0 Å². The van der Waals surface area contributed by atoms with Crippen molar-refractivity contribution in [2.45, 2.75) is 65.2 Å². The highest BCUT2D eigenvalue weighted by Gasteiger charge is 2.30. The van der Waals surface area contributed by atoms with Crippen molar-refractivity contribution >= 4 is 23.6 Å². The zero-order valence-corrected chi connectivity index (χ0v) is 23.6. The summed E-state index contributed by atoms with van der Waals surface area (Å²) in [7, 11) is 0. The van der Waals surface area contributed by atoms with E-state index in [1.165, 1.54) is 24.7 Å². The van der Waals surface area contributed by atoms with Gasteiger partial charge in [0.15, 0.2) is 5.69 Å². The summed E-state index contributed by atoms with van der Waals surface area (Å²) in [5.41, 5.74) is 1.19. The van der Waals surface area contributed by atoms with Crippen LogP contribution >= 0.6 is 0 Å². The molecule has 0 spiro atoms. The average Bonchev–Trinajstić information content (AvgIpc) is 3.59. The first kappa shape index (κ1) is 31.2. The summed E-state index contributed by atoms with van der Waals surface area (Å²) in [6, 6.07) is -1.09. The minimum Gasteiger partial charge on any atom is -0.460 e. The van der Waals surface area contributed by atoms with Gasteiger partial charge < -0.3 is 29.9 Å². The number of aromatic amines is 1. The zero-order chi connectivity index (χ0) is 29.9. The second-order valence-corrected chi connectivity index (χ2v) is 10.3. The molecule has 12 nitrogen and oxygen atoms in total. The number of ketones is 1. The second-order valence-electron chi connectivity index (χ2n) is 10.3. The quantitative estimate of drug-likeness (QED) is 0.404. The maximum atomic E-state index is 13.4. The van der Waals surface area contributed by atoms with E-state index in [4.69, 9.17) is 9.15 Å². The van der Waals surface area contributed by atoms with Gasteiger partial charge in [0.2, 0.25) is 11.8 Å². The Morgan fingerprint density at radius 2 is 1.95 bits per heavy atom. The van der Waals surface area contributed by atoms with Crippen molar-refractivity contribution in [1.82, 2.24) is 25.6 Å². The van der Waals surface area contributed by atoms with Gasteiger partial charge >= 0.3 is 5.97 Å². The number of cyclic esters (lactones) is 1. The van der Waals surface area contributed by atoms with Crippen molar-refractivity contribution in [3.8, 4) is 0 Å². The minimum absolute atomic E-state index is 0.00950. The zero-order valence-electron chi connectivity index (χ0n) is 23.6. The number of rotatable bonds is 3. The van der Waals surface area contributed by atoms with Crippen molar-refractivity contribution in [2.75, 3.05) is 6.54 Å². The molecule has 3 heterocycles. The van der Waals surface area contributed by atoms with Gasteiger partial charge in [0.05, 0.1) is 18.9 Å². The van der Waals surface area contributed by atoms with E-state index in [1.54, 1.807) is 25.2 Å². The lowest BCUT2D eigenvalue weighted by molar-refractivity contribution is -0.155. The Labute approximate surface area is 238 Å². The molecule has 2 amide bonds.